The number of hydrogen-bond acceptors (Lipinski definition) is 6. The molecule has 7 nitrogen and oxygen atoms in total. The van der Waals surface area contributed by atoms with E-state index >= 15 is 0 Å². The van der Waals surface area contributed by atoms with Crippen molar-refractivity contribution < 1.29 is 17.9 Å². The molecule has 3 aromatic rings. The molecule has 0 radical (unpaired) electrons. The number of nitrogens with one attached hydrogen (secondary N) is 1. The van der Waals surface area contributed by atoms with Crippen molar-refractivity contribution in [2.24, 2.45) is 0 Å². The standard InChI is InChI=1S/C18H17F3N6O/c19-18(20,21)11-1-2-13-15(7-11)27(10-23-13)17-22-8-14-16(25-17)26(9-24-14)12-3-5-28-6-4-12/h1-2,7-8,10,12,24H,3-6,9H2. The third-order valence-corrected chi connectivity index (χ3v) is 5.19. The van der Waals surface area contributed by atoms with Crippen LogP contribution in [0.1, 0.15) is 18.4 Å². The molecule has 0 bridgehead atoms. The van der Waals surface area contributed by atoms with E-state index in [1.165, 1.54) is 17.0 Å². The lowest BCUT2D eigenvalue weighted by atomic mass is 10.1. The first-order valence-corrected chi connectivity index (χ1v) is 9.01. The van der Waals surface area contributed by atoms with E-state index in [4.69, 9.17) is 4.74 Å². The van der Waals surface area contributed by atoms with E-state index in [-0.39, 0.29) is 0 Å². The van der Waals surface area contributed by atoms with Crippen molar-refractivity contribution in [2.75, 3.05) is 30.1 Å². The van der Waals surface area contributed by atoms with Gasteiger partial charge in [0.15, 0.2) is 5.82 Å². The summed E-state index contributed by atoms with van der Waals surface area (Å²) in [5.74, 6) is 1.05. The molecule has 2 aromatic heterocycles. The molecule has 0 spiro atoms. The summed E-state index contributed by atoms with van der Waals surface area (Å²) in [5.41, 5.74) is 0.860. The minimum absolute atomic E-state index is 0.293. The number of fused-ring (bicyclic) bond motifs is 2. The van der Waals surface area contributed by atoms with Gasteiger partial charge in [0.05, 0.1) is 35.1 Å². The number of aromatic nitrogens is 4. The van der Waals surface area contributed by atoms with Crippen molar-refractivity contribution in [1.29, 1.82) is 0 Å². The maximum absolute atomic E-state index is 13.1. The maximum Gasteiger partial charge on any atom is 0.416 e. The molecule has 0 aliphatic carbocycles. The molecular formula is C18H17F3N6O. The molecule has 1 fully saturated rings. The Bertz CT molecular complexity index is 1030. The number of rotatable bonds is 2. The maximum atomic E-state index is 13.1. The van der Waals surface area contributed by atoms with Crippen LogP contribution in [0.5, 0.6) is 0 Å². The van der Waals surface area contributed by atoms with Gasteiger partial charge in [-0.25, -0.2) is 9.97 Å². The van der Waals surface area contributed by atoms with E-state index in [2.05, 4.69) is 25.2 Å². The van der Waals surface area contributed by atoms with Crippen molar-refractivity contribution in [3.8, 4) is 5.95 Å². The molecule has 0 amide bonds. The Morgan fingerprint density at radius 2 is 1.96 bits per heavy atom. The van der Waals surface area contributed by atoms with Gasteiger partial charge in [-0.1, -0.05) is 0 Å². The number of halogens is 3. The Morgan fingerprint density at radius 3 is 2.75 bits per heavy atom. The lowest BCUT2D eigenvalue weighted by Crippen LogP contribution is -2.39. The molecular weight excluding hydrogens is 373 g/mol. The average molecular weight is 390 g/mol. The van der Waals surface area contributed by atoms with Crippen LogP contribution in [-0.2, 0) is 10.9 Å². The summed E-state index contributed by atoms with van der Waals surface area (Å²) in [6, 6.07) is 3.77. The Balaban J connectivity index is 1.56. The molecule has 1 aromatic carbocycles. The third-order valence-electron chi connectivity index (χ3n) is 5.19. The highest BCUT2D eigenvalue weighted by molar-refractivity contribution is 5.78. The van der Waals surface area contributed by atoms with Crippen LogP contribution in [0.25, 0.3) is 17.0 Å². The van der Waals surface area contributed by atoms with Gasteiger partial charge in [0.1, 0.15) is 6.33 Å². The minimum Gasteiger partial charge on any atom is -0.381 e. The lowest BCUT2D eigenvalue weighted by Gasteiger charge is -2.31. The van der Waals surface area contributed by atoms with E-state index in [0.29, 0.717) is 42.9 Å². The third kappa shape index (κ3) is 2.84. The quantitative estimate of drug-likeness (QED) is 0.725. The monoisotopic (exact) mass is 390 g/mol. The molecule has 146 valence electrons. The molecule has 10 heteroatoms. The highest BCUT2D eigenvalue weighted by atomic mass is 19.4. The van der Waals surface area contributed by atoms with Crippen LogP contribution in [0.4, 0.5) is 24.7 Å². The number of alkyl halides is 3. The van der Waals surface area contributed by atoms with Crippen LogP contribution in [-0.4, -0.2) is 45.4 Å². The second-order valence-electron chi connectivity index (χ2n) is 6.87. The van der Waals surface area contributed by atoms with Gasteiger partial charge in [-0.15, -0.1) is 0 Å². The fraction of sp³-hybridized carbons (Fsp3) is 0.389. The van der Waals surface area contributed by atoms with Crippen molar-refractivity contribution >= 4 is 22.5 Å². The van der Waals surface area contributed by atoms with Crippen LogP contribution in [0.3, 0.4) is 0 Å². The van der Waals surface area contributed by atoms with Gasteiger partial charge in [-0.3, -0.25) is 4.57 Å². The highest BCUT2D eigenvalue weighted by Gasteiger charge is 2.32. The topological polar surface area (TPSA) is 68.1 Å². The van der Waals surface area contributed by atoms with Gasteiger partial charge in [-0.05, 0) is 31.0 Å². The lowest BCUT2D eigenvalue weighted by molar-refractivity contribution is -0.137. The second-order valence-corrected chi connectivity index (χ2v) is 6.87. The smallest absolute Gasteiger partial charge is 0.381 e. The van der Waals surface area contributed by atoms with Crippen molar-refractivity contribution in [3.05, 3.63) is 36.3 Å². The van der Waals surface area contributed by atoms with E-state index in [1.54, 1.807) is 6.20 Å². The van der Waals surface area contributed by atoms with Crippen LogP contribution in [0.2, 0.25) is 0 Å². The summed E-state index contributed by atoms with van der Waals surface area (Å²) < 4.78 is 46.2. The summed E-state index contributed by atoms with van der Waals surface area (Å²) in [4.78, 5) is 15.3. The summed E-state index contributed by atoms with van der Waals surface area (Å²) in [6.07, 6.45) is 0.503. The molecule has 2 aliphatic heterocycles. The number of nitrogens with zero attached hydrogens (tertiary/aromatic N) is 5. The molecule has 28 heavy (non-hydrogen) atoms. The Kier molecular flexibility index (Phi) is 3.90. The molecule has 0 unspecified atom stereocenters. The van der Waals surface area contributed by atoms with Gasteiger partial charge < -0.3 is 15.0 Å². The molecule has 1 N–H and O–H groups in total. The number of hydrogen-bond donors (Lipinski definition) is 1. The molecule has 5 rings (SSSR count). The first-order chi connectivity index (χ1) is 13.5. The summed E-state index contributed by atoms with van der Waals surface area (Å²) >= 11 is 0. The molecule has 4 heterocycles. The summed E-state index contributed by atoms with van der Waals surface area (Å²) in [6.45, 7) is 2.04. The average Bonchev–Trinajstić information content (AvgIpc) is 3.31. The fourth-order valence-electron chi connectivity index (χ4n) is 3.71. The van der Waals surface area contributed by atoms with E-state index < -0.39 is 11.7 Å². The molecule has 1 saturated heterocycles. The highest BCUT2D eigenvalue weighted by Crippen LogP contribution is 2.34. The van der Waals surface area contributed by atoms with Crippen LogP contribution in [0, 0.1) is 0 Å². The fourth-order valence-corrected chi connectivity index (χ4v) is 3.71. The molecule has 2 aliphatic rings. The van der Waals surface area contributed by atoms with Crippen LogP contribution < -0.4 is 10.2 Å². The van der Waals surface area contributed by atoms with E-state index in [9.17, 15) is 13.2 Å². The molecule has 0 atom stereocenters. The van der Waals surface area contributed by atoms with Gasteiger partial charge in [0, 0.05) is 19.3 Å². The van der Waals surface area contributed by atoms with Gasteiger partial charge >= 0.3 is 6.18 Å². The van der Waals surface area contributed by atoms with Gasteiger partial charge in [0.2, 0.25) is 5.95 Å². The van der Waals surface area contributed by atoms with Crippen molar-refractivity contribution in [1.82, 2.24) is 19.5 Å². The van der Waals surface area contributed by atoms with Gasteiger partial charge in [-0.2, -0.15) is 18.2 Å². The Labute approximate surface area is 158 Å². The largest absolute Gasteiger partial charge is 0.416 e. The number of anilines is 2. The first-order valence-electron chi connectivity index (χ1n) is 9.01. The zero-order chi connectivity index (χ0) is 19.3. The zero-order valence-electron chi connectivity index (χ0n) is 14.8. The number of ether oxygens (including phenoxy) is 1. The van der Waals surface area contributed by atoms with E-state index in [0.717, 1.165) is 36.5 Å². The summed E-state index contributed by atoms with van der Waals surface area (Å²) in [5, 5.41) is 3.27. The zero-order valence-corrected chi connectivity index (χ0v) is 14.8. The predicted molar refractivity (Wildman–Crippen MR) is 96.5 cm³/mol. The molecule has 0 saturated carbocycles. The number of benzene rings is 1. The Hall–Kier alpha value is -2.88. The Morgan fingerprint density at radius 1 is 1.14 bits per heavy atom. The minimum atomic E-state index is -4.42. The van der Waals surface area contributed by atoms with Crippen LogP contribution >= 0.6 is 0 Å². The number of imidazole rings is 1. The normalized spacial score (nSPS) is 17.8. The van der Waals surface area contributed by atoms with Crippen molar-refractivity contribution in [3.63, 3.8) is 0 Å². The second kappa shape index (κ2) is 6.33. The first kappa shape index (κ1) is 17.2. The van der Waals surface area contributed by atoms with Crippen LogP contribution in [0.15, 0.2) is 30.7 Å². The van der Waals surface area contributed by atoms with Crippen molar-refractivity contribution in [2.45, 2.75) is 25.1 Å². The predicted octanol–water partition coefficient (Wildman–Crippen LogP) is 3.20. The summed E-state index contributed by atoms with van der Waals surface area (Å²) in [7, 11) is 0. The van der Waals surface area contributed by atoms with Gasteiger partial charge in [0.25, 0.3) is 0 Å². The SMILES string of the molecule is FC(F)(F)c1ccc2ncn(-c3ncc4c(n3)N(C3CCOCC3)CN4)c2c1. The van der Waals surface area contributed by atoms with E-state index in [1.807, 2.05) is 0 Å².